The smallest absolute Gasteiger partial charge is 0.338 e. The summed E-state index contributed by atoms with van der Waals surface area (Å²) in [6.07, 6.45) is 3.51. The number of hydrogen-bond donors (Lipinski definition) is 1. The lowest BCUT2D eigenvalue weighted by Gasteiger charge is -2.29. The second-order valence-electron chi connectivity index (χ2n) is 7.68. The topological polar surface area (TPSA) is 76.1 Å². The Morgan fingerprint density at radius 1 is 1.29 bits per heavy atom. The van der Waals surface area contributed by atoms with Gasteiger partial charge in [0.05, 0.1) is 12.6 Å². The number of nitrogens with zero attached hydrogens (tertiary/aromatic N) is 1. The molecule has 0 aromatic heterocycles. The van der Waals surface area contributed by atoms with Crippen molar-refractivity contribution in [2.24, 2.45) is 11.8 Å². The number of allylic oxidation sites excluding steroid dienone is 1. The molecule has 0 aromatic carbocycles. The van der Waals surface area contributed by atoms with E-state index in [2.05, 4.69) is 4.90 Å². The molecule has 0 radical (unpaired) electrons. The number of rotatable bonds is 0. The van der Waals surface area contributed by atoms with E-state index >= 15 is 0 Å². The van der Waals surface area contributed by atoms with Crippen molar-refractivity contribution in [3.63, 3.8) is 0 Å². The number of ether oxygens (including phenoxy) is 2. The van der Waals surface area contributed by atoms with Crippen molar-refractivity contribution in [3.05, 3.63) is 11.6 Å². The third kappa shape index (κ3) is 3.22. The van der Waals surface area contributed by atoms with Gasteiger partial charge in [-0.05, 0) is 45.6 Å². The molecule has 3 rings (SSSR count). The fourth-order valence-electron chi connectivity index (χ4n) is 4.18. The van der Waals surface area contributed by atoms with Gasteiger partial charge in [0.2, 0.25) is 0 Å². The highest BCUT2D eigenvalue weighted by atomic mass is 16.6. The molecule has 6 heteroatoms. The zero-order chi connectivity index (χ0) is 17.5. The molecule has 3 aliphatic heterocycles. The summed E-state index contributed by atoms with van der Waals surface area (Å²) in [5.41, 5.74) is -0.780. The maximum atomic E-state index is 12.4. The fraction of sp³-hybridized carbons (Fsp3) is 0.778. The van der Waals surface area contributed by atoms with E-state index in [-0.39, 0.29) is 36.6 Å². The predicted octanol–water partition coefficient (Wildman–Crippen LogP) is 1.27. The molecule has 0 spiro atoms. The van der Waals surface area contributed by atoms with Gasteiger partial charge in [-0.15, -0.1) is 0 Å². The molecule has 0 aromatic rings. The van der Waals surface area contributed by atoms with E-state index in [1.54, 1.807) is 6.92 Å². The Morgan fingerprint density at radius 2 is 2.00 bits per heavy atom. The highest BCUT2D eigenvalue weighted by molar-refractivity contribution is 5.83. The van der Waals surface area contributed by atoms with Gasteiger partial charge in [-0.25, -0.2) is 9.59 Å². The summed E-state index contributed by atoms with van der Waals surface area (Å²) in [6.45, 7) is 7.20. The number of aliphatic hydroxyl groups is 1. The third-order valence-electron chi connectivity index (χ3n) is 5.83. The monoisotopic (exact) mass is 337 g/mol. The molecule has 0 saturated carbocycles. The molecule has 0 aliphatic carbocycles. The Labute approximate surface area is 142 Å². The van der Waals surface area contributed by atoms with Gasteiger partial charge in [0.25, 0.3) is 0 Å². The Hall–Kier alpha value is -1.40. The maximum absolute atomic E-state index is 12.4. The quantitative estimate of drug-likeness (QED) is 0.671. The molecule has 1 N–H and O–H groups in total. The van der Waals surface area contributed by atoms with Gasteiger partial charge in [-0.2, -0.15) is 0 Å². The van der Waals surface area contributed by atoms with Crippen molar-refractivity contribution in [3.8, 4) is 0 Å². The van der Waals surface area contributed by atoms with E-state index in [1.807, 2.05) is 6.92 Å². The molecule has 3 aliphatic rings. The summed E-state index contributed by atoms with van der Waals surface area (Å²) in [5.74, 6) is -1.12. The van der Waals surface area contributed by atoms with Crippen LogP contribution in [0.5, 0.6) is 0 Å². The summed E-state index contributed by atoms with van der Waals surface area (Å²) in [4.78, 5) is 26.9. The molecule has 24 heavy (non-hydrogen) atoms. The summed E-state index contributed by atoms with van der Waals surface area (Å²) in [6, 6.07) is 0.110. The first-order valence-electron chi connectivity index (χ1n) is 8.80. The first-order chi connectivity index (χ1) is 11.3. The van der Waals surface area contributed by atoms with Gasteiger partial charge in [0, 0.05) is 18.5 Å². The molecule has 3 heterocycles. The fourth-order valence-corrected chi connectivity index (χ4v) is 4.18. The van der Waals surface area contributed by atoms with Crippen molar-refractivity contribution in [1.82, 2.24) is 4.90 Å². The Morgan fingerprint density at radius 3 is 2.75 bits per heavy atom. The highest BCUT2D eigenvalue weighted by Gasteiger charge is 2.47. The number of hydrogen-bond acceptors (Lipinski definition) is 6. The van der Waals surface area contributed by atoms with Crippen LogP contribution in [0.15, 0.2) is 11.6 Å². The second kappa shape index (κ2) is 6.48. The van der Waals surface area contributed by atoms with Crippen molar-refractivity contribution < 1.29 is 24.2 Å². The van der Waals surface area contributed by atoms with E-state index < -0.39 is 11.6 Å². The maximum Gasteiger partial charge on any atom is 0.338 e. The van der Waals surface area contributed by atoms with Crippen LogP contribution in [0.2, 0.25) is 0 Å². The van der Waals surface area contributed by atoms with Crippen LogP contribution in [0.3, 0.4) is 0 Å². The average Bonchev–Trinajstić information content (AvgIpc) is 3.06. The van der Waals surface area contributed by atoms with E-state index in [1.165, 1.54) is 13.0 Å². The van der Waals surface area contributed by atoms with Gasteiger partial charge >= 0.3 is 11.9 Å². The predicted molar refractivity (Wildman–Crippen MR) is 87.1 cm³/mol. The number of esters is 2. The molecule has 134 valence electrons. The Balaban J connectivity index is 1.86. The lowest BCUT2D eigenvalue weighted by Crippen LogP contribution is -2.44. The number of carbonyl (C=O) groups excluding carboxylic acids is 2. The lowest BCUT2D eigenvalue weighted by atomic mass is 9.85. The lowest BCUT2D eigenvalue weighted by molar-refractivity contribution is -0.171. The molecule has 2 fully saturated rings. The van der Waals surface area contributed by atoms with Crippen molar-refractivity contribution >= 4 is 11.9 Å². The van der Waals surface area contributed by atoms with Gasteiger partial charge in [-0.3, -0.25) is 4.90 Å². The average molecular weight is 337 g/mol. The van der Waals surface area contributed by atoms with Gasteiger partial charge in [-0.1, -0.05) is 12.5 Å². The molecular weight excluding hydrogens is 310 g/mol. The largest absolute Gasteiger partial charge is 0.463 e. The molecule has 2 saturated heterocycles. The SMILES string of the molecule is C/C1=C/C(=O)O[C@H]2CCN3CC[C@@H](COC(=O)[C@](C)(O)[C@@H](C)C1)C23. The van der Waals surface area contributed by atoms with Crippen LogP contribution < -0.4 is 0 Å². The first kappa shape index (κ1) is 17.4. The first-order valence-corrected chi connectivity index (χ1v) is 8.80. The molecular formula is C18H27NO5. The second-order valence-corrected chi connectivity index (χ2v) is 7.68. The van der Waals surface area contributed by atoms with E-state index in [0.29, 0.717) is 6.42 Å². The molecule has 0 bridgehead atoms. The normalized spacial score (nSPS) is 43.6. The molecule has 6 nitrogen and oxygen atoms in total. The standard InChI is InChI=1S/C18H27NO5/c1-11-8-12(2)18(3,22)17(21)23-10-13-4-6-19-7-5-14(16(13)19)24-15(20)9-11/h9,12-14,16,22H,4-8,10H2,1-3H3/b11-9-/t12-,13-,14-,16?,18+/m0/s1. The zero-order valence-corrected chi connectivity index (χ0v) is 14.7. The van der Waals surface area contributed by atoms with Crippen LogP contribution in [-0.4, -0.2) is 59.4 Å². The van der Waals surface area contributed by atoms with Crippen LogP contribution >= 0.6 is 0 Å². The van der Waals surface area contributed by atoms with Crippen molar-refractivity contribution in [2.75, 3.05) is 19.7 Å². The van der Waals surface area contributed by atoms with Crippen LogP contribution in [0.25, 0.3) is 0 Å². The Bertz CT molecular complexity index is 556. The minimum absolute atomic E-state index is 0.110. The van der Waals surface area contributed by atoms with E-state index in [4.69, 9.17) is 9.47 Å². The minimum Gasteiger partial charge on any atom is -0.463 e. The minimum atomic E-state index is -1.57. The molecule has 5 atom stereocenters. The van der Waals surface area contributed by atoms with Crippen LogP contribution in [0.1, 0.15) is 40.0 Å². The van der Waals surface area contributed by atoms with Crippen molar-refractivity contribution in [1.29, 1.82) is 0 Å². The summed E-state index contributed by atoms with van der Waals surface area (Å²) < 4.78 is 11.2. The van der Waals surface area contributed by atoms with Crippen LogP contribution in [-0.2, 0) is 19.1 Å². The van der Waals surface area contributed by atoms with Crippen LogP contribution in [0, 0.1) is 11.8 Å². The summed E-state index contributed by atoms with van der Waals surface area (Å²) in [5, 5.41) is 10.6. The van der Waals surface area contributed by atoms with Crippen LogP contribution in [0.4, 0.5) is 0 Å². The van der Waals surface area contributed by atoms with Gasteiger partial charge < -0.3 is 14.6 Å². The highest BCUT2D eigenvalue weighted by Crippen LogP contribution is 2.36. The van der Waals surface area contributed by atoms with Gasteiger partial charge in [0.15, 0.2) is 5.60 Å². The summed E-state index contributed by atoms with van der Waals surface area (Å²) >= 11 is 0. The van der Waals surface area contributed by atoms with E-state index in [0.717, 1.165) is 31.5 Å². The van der Waals surface area contributed by atoms with Crippen molar-refractivity contribution in [2.45, 2.75) is 57.8 Å². The summed E-state index contributed by atoms with van der Waals surface area (Å²) in [7, 11) is 0. The third-order valence-corrected chi connectivity index (χ3v) is 5.83. The number of carbonyl (C=O) groups is 2. The number of cyclic esters (lactones) is 1. The molecule has 0 amide bonds. The molecule has 1 unspecified atom stereocenters. The van der Waals surface area contributed by atoms with E-state index in [9.17, 15) is 14.7 Å². The van der Waals surface area contributed by atoms with Gasteiger partial charge in [0.1, 0.15) is 6.10 Å². The zero-order valence-electron chi connectivity index (χ0n) is 14.7. The Kier molecular flexibility index (Phi) is 4.71.